The number of nitro benzene ring substituents is 1. The Morgan fingerprint density at radius 3 is 2.58 bits per heavy atom. The molecule has 1 N–H and O–H groups in total. The first-order valence-electron chi connectivity index (χ1n) is 7.68. The topological polar surface area (TPSA) is 108 Å². The van der Waals surface area contributed by atoms with E-state index in [1.807, 2.05) is 30.3 Å². The van der Waals surface area contributed by atoms with Crippen molar-refractivity contribution in [2.24, 2.45) is 5.10 Å². The predicted molar refractivity (Wildman–Crippen MR) is 95.4 cm³/mol. The van der Waals surface area contributed by atoms with Crippen LogP contribution in [0.3, 0.4) is 0 Å². The van der Waals surface area contributed by atoms with Gasteiger partial charge in [0.1, 0.15) is 12.2 Å². The number of carbonyl (C=O) groups excluding carboxylic acids is 2. The van der Waals surface area contributed by atoms with E-state index in [0.29, 0.717) is 11.3 Å². The highest BCUT2D eigenvalue weighted by Gasteiger charge is 2.26. The molecule has 0 radical (unpaired) electrons. The maximum Gasteiger partial charge on any atom is 0.344 e. The molecule has 9 heteroatoms. The number of carbonyl (C=O) groups is 2. The van der Waals surface area contributed by atoms with Gasteiger partial charge < -0.3 is 4.90 Å². The number of anilines is 2. The van der Waals surface area contributed by atoms with Gasteiger partial charge in [0.25, 0.3) is 5.69 Å². The van der Waals surface area contributed by atoms with Gasteiger partial charge in [0.2, 0.25) is 5.91 Å². The van der Waals surface area contributed by atoms with Gasteiger partial charge in [-0.2, -0.15) is 5.10 Å². The van der Waals surface area contributed by atoms with Crippen LogP contribution in [0.2, 0.25) is 0 Å². The van der Waals surface area contributed by atoms with Crippen molar-refractivity contribution in [2.45, 2.75) is 0 Å². The van der Waals surface area contributed by atoms with Crippen molar-refractivity contribution in [3.63, 3.8) is 0 Å². The number of amides is 3. The molecule has 3 rings (SSSR count). The van der Waals surface area contributed by atoms with Gasteiger partial charge in [-0.3, -0.25) is 20.2 Å². The highest BCUT2D eigenvalue weighted by atomic mass is 16.6. The zero-order chi connectivity index (χ0) is 18.7. The van der Waals surface area contributed by atoms with Crippen molar-refractivity contribution in [2.75, 3.05) is 18.5 Å². The number of urea groups is 1. The molecule has 0 unspecified atom stereocenters. The van der Waals surface area contributed by atoms with Gasteiger partial charge in [0.05, 0.1) is 11.1 Å². The molecule has 0 saturated carbocycles. The van der Waals surface area contributed by atoms with Crippen LogP contribution < -0.4 is 10.2 Å². The SMILES string of the molecule is CN(c1ccccc1)c1ccc(/C=N\N2CC(=O)NC2=O)cc1[N+](=O)[O-]. The summed E-state index contributed by atoms with van der Waals surface area (Å²) in [5, 5.41) is 18.4. The van der Waals surface area contributed by atoms with E-state index in [-0.39, 0.29) is 12.2 Å². The number of rotatable bonds is 5. The molecular formula is C17H15N5O4. The summed E-state index contributed by atoms with van der Waals surface area (Å²) < 4.78 is 0. The third-order valence-electron chi connectivity index (χ3n) is 3.82. The van der Waals surface area contributed by atoms with E-state index >= 15 is 0 Å². The van der Waals surface area contributed by atoms with E-state index < -0.39 is 16.9 Å². The summed E-state index contributed by atoms with van der Waals surface area (Å²) in [7, 11) is 1.74. The van der Waals surface area contributed by atoms with Gasteiger partial charge in [-0.15, -0.1) is 0 Å². The summed E-state index contributed by atoms with van der Waals surface area (Å²) in [4.78, 5) is 35.3. The van der Waals surface area contributed by atoms with Gasteiger partial charge in [0.15, 0.2) is 0 Å². The van der Waals surface area contributed by atoms with Crippen molar-refractivity contribution in [3.8, 4) is 0 Å². The number of nitrogens with zero attached hydrogens (tertiary/aromatic N) is 4. The van der Waals surface area contributed by atoms with Crippen molar-refractivity contribution < 1.29 is 14.5 Å². The van der Waals surface area contributed by atoms with Crippen LogP contribution in [0.15, 0.2) is 53.6 Å². The highest BCUT2D eigenvalue weighted by molar-refractivity contribution is 6.02. The summed E-state index contributed by atoms with van der Waals surface area (Å²) in [6.07, 6.45) is 1.30. The first-order chi connectivity index (χ1) is 12.5. The number of nitrogens with one attached hydrogen (secondary N) is 1. The number of hydrogen-bond donors (Lipinski definition) is 1. The Morgan fingerprint density at radius 1 is 1.23 bits per heavy atom. The molecule has 1 aliphatic heterocycles. The van der Waals surface area contributed by atoms with E-state index in [4.69, 9.17) is 0 Å². The second-order valence-corrected chi connectivity index (χ2v) is 5.56. The average molecular weight is 353 g/mol. The largest absolute Gasteiger partial charge is 0.344 e. The summed E-state index contributed by atoms with van der Waals surface area (Å²) in [6.45, 7) is -0.174. The number of nitro groups is 1. The molecule has 2 aromatic carbocycles. The van der Waals surface area contributed by atoms with E-state index in [1.165, 1.54) is 12.3 Å². The molecule has 0 bridgehead atoms. The molecule has 3 amide bonds. The van der Waals surface area contributed by atoms with Crippen LogP contribution in [0.5, 0.6) is 0 Å². The smallest absolute Gasteiger partial charge is 0.339 e. The Hall–Kier alpha value is -3.75. The first kappa shape index (κ1) is 17.1. The molecule has 1 fully saturated rings. The van der Waals surface area contributed by atoms with Gasteiger partial charge in [-0.1, -0.05) is 24.3 Å². The summed E-state index contributed by atoms with van der Waals surface area (Å²) in [5.41, 5.74) is 1.58. The standard InChI is InChI=1S/C17H15N5O4/c1-20(13-5-3-2-4-6-13)14-8-7-12(9-15(14)22(25)26)10-18-21-11-16(23)19-17(21)24/h2-10H,11H2,1H3,(H,19,23,24)/b18-10-. The quantitative estimate of drug-likeness (QED) is 0.384. The van der Waals surface area contributed by atoms with Crippen molar-refractivity contribution in [1.29, 1.82) is 0 Å². The lowest BCUT2D eigenvalue weighted by Gasteiger charge is -2.19. The lowest BCUT2D eigenvalue weighted by molar-refractivity contribution is -0.384. The molecule has 1 saturated heterocycles. The molecule has 2 aromatic rings. The second-order valence-electron chi connectivity index (χ2n) is 5.56. The molecule has 9 nitrogen and oxygen atoms in total. The van der Waals surface area contributed by atoms with E-state index in [0.717, 1.165) is 10.7 Å². The van der Waals surface area contributed by atoms with E-state index in [2.05, 4.69) is 10.4 Å². The minimum Gasteiger partial charge on any atom is -0.339 e. The van der Waals surface area contributed by atoms with Gasteiger partial charge in [-0.05, 0) is 18.2 Å². The maximum absolute atomic E-state index is 11.5. The monoisotopic (exact) mass is 353 g/mol. The molecule has 132 valence electrons. The lowest BCUT2D eigenvalue weighted by atomic mass is 10.1. The van der Waals surface area contributed by atoms with Crippen LogP contribution in [0.4, 0.5) is 21.9 Å². The zero-order valence-electron chi connectivity index (χ0n) is 13.8. The van der Waals surface area contributed by atoms with Crippen molar-refractivity contribution in [1.82, 2.24) is 10.3 Å². The molecular weight excluding hydrogens is 338 g/mol. The van der Waals surface area contributed by atoms with Gasteiger partial charge in [-0.25, -0.2) is 9.80 Å². The summed E-state index contributed by atoms with van der Waals surface area (Å²) >= 11 is 0. The number of imide groups is 1. The number of hydrogen-bond acceptors (Lipinski definition) is 6. The third kappa shape index (κ3) is 3.51. The Balaban J connectivity index is 1.89. The highest BCUT2D eigenvalue weighted by Crippen LogP contribution is 2.32. The van der Waals surface area contributed by atoms with Crippen LogP contribution in [0, 0.1) is 10.1 Å². The molecule has 26 heavy (non-hydrogen) atoms. The summed E-state index contributed by atoms with van der Waals surface area (Å²) in [6, 6.07) is 13.3. The average Bonchev–Trinajstić information content (AvgIpc) is 2.97. The van der Waals surface area contributed by atoms with Crippen LogP contribution >= 0.6 is 0 Å². The van der Waals surface area contributed by atoms with Crippen LogP contribution in [-0.4, -0.2) is 41.7 Å². The van der Waals surface area contributed by atoms with E-state index in [9.17, 15) is 19.7 Å². The third-order valence-corrected chi connectivity index (χ3v) is 3.82. The Labute approximate surface area is 148 Å². The Bertz CT molecular complexity index is 897. The Morgan fingerprint density at radius 2 is 1.96 bits per heavy atom. The van der Waals surface area contributed by atoms with Gasteiger partial charge in [0, 0.05) is 24.4 Å². The second kappa shape index (κ2) is 7.01. The van der Waals surface area contributed by atoms with Crippen molar-refractivity contribution in [3.05, 3.63) is 64.2 Å². The molecule has 0 aliphatic carbocycles. The minimum atomic E-state index is -0.624. The molecule has 0 aromatic heterocycles. The predicted octanol–water partition coefficient (Wildman–Crippen LogP) is 2.25. The Kier molecular flexibility index (Phi) is 4.61. The van der Waals surface area contributed by atoms with Crippen LogP contribution in [0.25, 0.3) is 0 Å². The zero-order valence-corrected chi connectivity index (χ0v) is 13.8. The number of benzene rings is 2. The first-order valence-corrected chi connectivity index (χ1v) is 7.68. The fourth-order valence-electron chi connectivity index (χ4n) is 2.50. The molecule has 1 aliphatic rings. The molecule has 0 atom stereocenters. The molecule has 0 spiro atoms. The number of hydrazone groups is 1. The normalized spacial score (nSPS) is 14.0. The summed E-state index contributed by atoms with van der Waals surface area (Å²) in [5.74, 6) is -0.446. The minimum absolute atomic E-state index is 0.0951. The number of para-hydroxylation sites is 1. The molecule has 1 heterocycles. The van der Waals surface area contributed by atoms with Crippen molar-refractivity contribution >= 4 is 35.2 Å². The van der Waals surface area contributed by atoms with Crippen LogP contribution in [0.1, 0.15) is 5.56 Å². The fourth-order valence-corrected chi connectivity index (χ4v) is 2.50. The maximum atomic E-state index is 11.5. The van der Waals surface area contributed by atoms with Crippen LogP contribution in [-0.2, 0) is 4.79 Å². The fraction of sp³-hybridized carbons (Fsp3) is 0.118. The lowest BCUT2D eigenvalue weighted by Crippen LogP contribution is -2.24. The van der Waals surface area contributed by atoms with Gasteiger partial charge >= 0.3 is 6.03 Å². The van der Waals surface area contributed by atoms with E-state index in [1.54, 1.807) is 24.1 Å².